The van der Waals surface area contributed by atoms with Crippen LogP contribution >= 0.6 is 0 Å². The van der Waals surface area contributed by atoms with Crippen molar-refractivity contribution >= 4 is 29.8 Å². The highest BCUT2D eigenvalue weighted by atomic mass is 19.4. The molecule has 1 atom stereocenters. The maximum absolute atomic E-state index is 12.6. The van der Waals surface area contributed by atoms with Crippen molar-refractivity contribution in [3.05, 3.63) is 65.2 Å². The highest BCUT2D eigenvalue weighted by Gasteiger charge is 2.38. The van der Waals surface area contributed by atoms with Crippen LogP contribution in [0.25, 0.3) is 0 Å². The standard InChI is InChI=1S/C22H25N3O6.C2HF3O2/c1-15(25-22(28)18-5-3-16(4-6-18)13-24-23)21(27)17-7-9-19(10-8-17)31-14-20(26)30-12-11-29-2;3-2(4,5)1(6)7/h3-10,13,15H,11-12,14,23H2,1-2H3,(H,25,28);(H,6,7)/t15-;/m0./s1. The van der Waals surface area contributed by atoms with Gasteiger partial charge in [-0.05, 0) is 48.9 Å². The second-order valence-electron chi connectivity index (χ2n) is 7.29. The Hall–Kier alpha value is -4.46. The number of alkyl halides is 3. The highest BCUT2D eigenvalue weighted by molar-refractivity contribution is 6.04. The summed E-state index contributed by atoms with van der Waals surface area (Å²) in [6, 6.07) is 12.2. The third-order valence-electron chi connectivity index (χ3n) is 4.43. The van der Waals surface area contributed by atoms with Gasteiger partial charge in [-0.15, -0.1) is 0 Å². The van der Waals surface area contributed by atoms with E-state index in [1.807, 2.05) is 0 Å². The number of hydrazone groups is 1. The number of amides is 1. The summed E-state index contributed by atoms with van der Waals surface area (Å²) in [5.74, 6) is 1.61. The van der Waals surface area contributed by atoms with Gasteiger partial charge >= 0.3 is 18.1 Å². The molecule has 2 aromatic carbocycles. The van der Waals surface area contributed by atoms with Gasteiger partial charge in [0, 0.05) is 18.2 Å². The van der Waals surface area contributed by atoms with E-state index in [2.05, 4.69) is 10.4 Å². The number of nitrogens with zero attached hydrogens (tertiary/aromatic N) is 1. The van der Waals surface area contributed by atoms with E-state index in [0.29, 0.717) is 23.5 Å². The largest absolute Gasteiger partial charge is 0.490 e. The number of nitrogens with two attached hydrogens (primary N) is 1. The molecule has 2 aromatic rings. The average molecular weight is 541 g/mol. The van der Waals surface area contributed by atoms with Gasteiger partial charge in [-0.2, -0.15) is 18.3 Å². The molecular weight excluding hydrogens is 515 g/mol. The van der Waals surface area contributed by atoms with Gasteiger partial charge in [0.1, 0.15) is 12.4 Å². The van der Waals surface area contributed by atoms with Gasteiger partial charge in [0.15, 0.2) is 12.4 Å². The summed E-state index contributed by atoms with van der Waals surface area (Å²) in [6.07, 6.45) is -3.62. The summed E-state index contributed by atoms with van der Waals surface area (Å²) >= 11 is 0. The quantitative estimate of drug-likeness (QED) is 0.0965. The number of aliphatic carboxylic acids is 1. The molecule has 0 spiro atoms. The molecule has 0 aliphatic heterocycles. The number of carbonyl (C=O) groups excluding carboxylic acids is 3. The summed E-state index contributed by atoms with van der Waals surface area (Å²) < 4.78 is 46.7. The van der Waals surface area contributed by atoms with Gasteiger partial charge in [-0.1, -0.05) is 12.1 Å². The maximum atomic E-state index is 12.6. The first-order valence-electron chi connectivity index (χ1n) is 10.7. The van der Waals surface area contributed by atoms with Crippen LogP contribution in [-0.2, 0) is 19.1 Å². The normalized spacial score (nSPS) is 11.6. The Morgan fingerprint density at radius 2 is 1.58 bits per heavy atom. The van der Waals surface area contributed by atoms with Crippen molar-refractivity contribution in [2.45, 2.75) is 19.1 Å². The highest BCUT2D eigenvalue weighted by Crippen LogP contribution is 2.14. The minimum Gasteiger partial charge on any atom is -0.482 e. The van der Waals surface area contributed by atoms with Gasteiger partial charge < -0.3 is 30.5 Å². The molecule has 0 aliphatic carbocycles. The Balaban J connectivity index is 0.000000905. The van der Waals surface area contributed by atoms with Crippen molar-refractivity contribution in [2.75, 3.05) is 26.9 Å². The fraction of sp³-hybridized carbons (Fsp3) is 0.292. The molecule has 38 heavy (non-hydrogen) atoms. The zero-order valence-corrected chi connectivity index (χ0v) is 20.4. The Bertz CT molecular complexity index is 1100. The van der Waals surface area contributed by atoms with Crippen LogP contribution in [0.2, 0.25) is 0 Å². The SMILES string of the molecule is COCCOC(=O)COc1ccc(C(=O)[C@H](C)NC(=O)c2ccc(C=NN)cc2)cc1.O=C(O)C(F)(F)F. The molecule has 14 heteroatoms. The van der Waals surface area contributed by atoms with Gasteiger partial charge in [-0.25, -0.2) is 9.59 Å². The van der Waals surface area contributed by atoms with Crippen molar-refractivity contribution in [1.29, 1.82) is 0 Å². The monoisotopic (exact) mass is 541 g/mol. The minimum absolute atomic E-state index is 0.155. The molecule has 4 N–H and O–H groups in total. The molecule has 0 radical (unpaired) electrons. The molecule has 0 heterocycles. The molecule has 206 valence electrons. The van der Waals surface area contributed by atoms with Crippen LogP contribution in [0.1, 0.15) is 33.2 Å². The zero-order chi connectivity index (χ0) is 28.7. The molecule has 11 nitrogen and oxygen atoms in total. The van der Waals surface area contributed by atoms with Crippen molar-refractivity contribution in [2.24, 2.45) is 10.9 Å². The molecule has 1 amide bonds. The molecule has 0 unspecified atom stereocenters. The van der Waals surface area contributed by atoms with Crippen molar-refractivity contribution in [1.82, 2.24) is 5.32 Å². The van der Waals surface area contributed by atoms with Gasteiger partial charge in [-0.3, -0.25) is 9.59 Å². The second kappa shape index (κ2) is 15.6. The van der Waals surface area contributed by atoms with E-state index in [4.69, 9.17) is 30.0 Å². The number of hydrogen-bond acceptors (Lipinski definition) is 9. The maximum Gasteiger partial charge on any atom is 0.490 e. The number of halogens is 3. The van der Waals surface area contributed by atoms with Crippen LogP contribution in [0, 0.1) is 0 Å². The molecule has 0 aromatic heterocycles. The third kappa shape index (κ3) is 11.5. The smallest absolute Gasteiger partial charge is 0.482 e. The van der Waals surface area contributed by atoms with E-state index in [1.54, 1.807) is 55.5 Å². The van der Waals surface area contributed by atoms with Gasteiger partial charge in [0.05, 0.1) is 18.9 Å². The number of benzene rings is 2. The number of methoxy groups -OCH3 is 1. The fourth-order valence-corrected chi connectivity index (χ4v) is 2.54. The lowest BCUT2D eigenvalue weighted by Crippen LogP contribution is -2.38. The molecule has 0 saturated heterocycles. The number of ether oxygens (including phenoxy) is 3. The molecule has 2 rings (SSSR count). The number of hydrogen-bond donors (Lipinski definition) is 3. The van der Waals surface area contributed by atoms with Crippen molar-refractivity contribution in [3.8, 4) is 5.75 Å². The number of carbonyl (C=O) groups is 4. The predicted octanol–water partition coefficient (Wildman–Crippen LogP) is 2.18. The van der Waals surface area contributed by atoms with E-state index in [-0.39, 0.29) is 24.9 Å². The topological polar surface area (TPSA) is 167 Å². The summed E-state index contributed by atoms with van der Waals surface area (Å²) in [5, 5.41) is 13.2. The second-order valence-corrected chi connectivity index (χ2v) is 7.29. The molecular formula is C24H26F3N3O8. The Morgan fingerprint density at radius 1 is 1.03 bits per heavy atom. The van der Waals surface area contributed by atoms with Crippen molar-refractivity contribution in [3.63, 3.8) is 0 Å². The fourth-order valence-electron chi connectivity index (χ4n) is 2.54. The molecule has 0 aliphatic rings. The van der Waals surface area contributed by atoms with E-state index in [9.17, 15) is 27.6 Å². The average Bonchev–Trinajstić information content (AvgIpc) is 2.88. The van der Waals surface area contributed by atoms with Gasteiger partial charge in [0.25, 0.3) is 5.91 Å². The van der Waals surface area contributed by atoms with Crippen LogP contribution < -0.4 is 15.9 Å². The van der Waals surface area contributed by atoms with Crippen LogP contribution in [-0.4, -0.2) is 74.1 Å². The first-order chi connectivity index (χ1) is 17.9. The van der Waals surface area contributed by atoms with E-state index >= 15 is 0 Å². The Kier molecular flexibility index (Phi) is 13.0. The number of carboxylic acid groups (broad SMARTS) is 1. The lowest BCUT2D eigenvalue weighted by atomic mass is 10.0. The lowest BCUT2D eigenvalue weighted by molar-refractivity contribution is -0.192. The van der Waals surface area contributed by atoms with E-state index in [0.717, 1.165) is 5.56 Å². The third-order valence-corrected chi connectivity index (χ3v) is 4.43. The van der Waals surface area contributed by atoms with Crippen LogP contribution in [0.5, 0.6) is 5.75 Å². The van der Waals surface area contributed by atoms with E-state index in [1.165, 1.54) is 13.3 Å². The van der Waals surface area contributed by atoms with Crippen LogP contribution in [0.15, 0.2) is 53.6 Å². The number of carboxylic acids is 1. The van der Waals surface area contributed by atoms with Crippen LogP contribution in [0.3, 0.4) is 0 Å². The summed E-state index contributed by atoms with van der Waals surface area (Å²) in [6.45, 7) is 1.82. The number of Topliss-reactive ketones (excluding diaryl/α,β-unsaturated/α-hetero) is 1. The Morgan fingerprint density at radius 3 is 2.08 bits per heavy atom. The Labute approximate surface area is 215 Å². The number of rotatable bonds is 11. The van der Waals surface area contributed by atoms with Gasteiger partial charge in [0.2, 0.25) is 0 Å². The molecule has 0 fully saturated rings. The minimum atomic E-state index is -5.08. The number of nitrogens with one attached hydrogen (secondary N) is 1. The summed E-state index contributed by atoms with van der Waals surface area (Å²) in [7, 11) is 1.51. The summed E-state index contributed by atoms with van der Waals surface area (Å²) in [4.78, 5) is 45.4. The van der Waals surface area contributed by atoms with E-state index < -0.39 is 24.2 Å². The summed E-state index contributed by atoms with van der Waals surface area (Å²) in [5.41, 5.74) is 1.57. The number of ketones is 1. The lowest BCUT2D eigenvalue weighted by Gasteiger charge is -2.13. The van der Waals surface area contributed by atoms with Crippen molar-refractivity contribution < 1.29 is 51.7 Å². The first kappa shape index (κ1) is 31.6. The van der Waals surface area contributed by atoms with Crippen LogP contribution in [0.4, 0.5) is 13.2 Å². The number of esters is 1. The predicted molar refractivity (Wildman–Crippen MR) is 128 cm³/mol. The first-order valence-corrected chi connectivity index (χ1v) is 10.7. The molecule has 0 saturated carbocycles. The molecule has 0 bridgehead atoms. The zero-order valence-electron chi connectivity index (χ0n) is 20.4.